The van der Waals surface area contributed by atoms with Gasteiger partial charge in [-0.05, 0) is 74.8 Å². The van der Waals surface area contributed by atoms with E-state index in [0.29, 0.717) is 38.9 Å². The molecule has 10 heteroatoms. The Labute approximate surface area is 233 Å². The summed E-state index contributed by atoms with van der Waals surface area (Å²) in [5.74, 6) is -4.71. The van der Waals surface area contributed by atoms with Gasteiger partial charge in [0.2, 0.25) is 0 Å². The van der Waals surface area contributed by atoms with Gasteiger partial charge >= 0.3 is 5.97 Å². The zero-order chi connectivity index (χ0) is 28.1. The number of alkyl halides is 2. The van der Waals surface area contributed by atoms with Crippen LogP contribution in [0.2, 0.25) is 0 Å². The Morgan fingerprint density at radius 3 is 2.92 bits per heavy atom. The van der Waals surface area contributed by atoms with Crippen LogP contribution in [-0.2, 0) is 33.7 Å². The lowest BCUT2D eigenvalue weighted by molar-refractivity contribution is -0.143. The van der Waals surface area contributed by atoms with Crippen molar-refractivity contribution in [2.45, 2.75) is 76.0 Å². The van der Waals surface area contributed by atoms with Crippen LogP contribution in [0.3, 0.4) is 0 Å². The smallest absolute Gasteiger partial charge is 0.325 e. The molecule has 0 aliphatic carbocycles. The van der Waals surface area contributed by atoms with E-state index in [2.05, 4.69) is 16.4 Å². The van der Waals surface area contributed by atoms with E-state index in [1.807, 2.05) is 6.07 Å². The molecule has 0 saturated carbocycles. The van der Waals surface area contributed by atoms with E-state index < -0.39 is 29.7 Å². The van der Waals surface area contributed by atoms with Crippen molar-refractivity contribution in [2.75, 3.05) is 38.2 Å². The number of fused-ring (bicyclic) bond motifs is 1. The average molecular weight is 562 g/mol. The molecule has 5 rings (SSSR count). The zero-order valence-corrected chi connectivity index (χ0v) is 22.7. The first kappa shape index (κ1) is 28.8. The van der Waals surface area contributed by atoms with E-state index in [4.69, 9.17) is 9.47 Å². The van der Waals surface area contributed by atoms with Crippen LogP contribution in [0.1, 0.15) is 67.0 Å². The summed E-state index contributed by atoms with van der Waals surface area (Å²) in [5.41, 5.74) is 2.52. The number of carbonyl (C=O) groups is 1. The molecule has 2 saturated heterocycles. The predicted octanol–water partition coefficient (Wildman–Crippen LogP) is 5.38. The topological polar surface area (TPSA) is 83.9 Å². The van der Waals surface area contributed by atoms with Crippen molar-refractivity contribution >= 4 is 11.8 Å². The van der Waals surface area contributed by atoms with Gasteiger partial charge in [0, 0.05) is 43.3 Å². The average Bonchev–Trinajstić information content (AvgIpc) is 3.64. The van der Waals surface area contributed by atoms with Crippen molar-refractivity contribution in [3.8, 4) is 0 Å². The van der Waals surface area contributed by atoms with E-state index >= 15 is 8.78 Å². The molecule has 218 valence electrons. The number of aromatic nitrogens is 1. The van der Waals surface area contributed by atoms with E-state index in [9.17, 15) is 14.3 Å². The molecule has 40 heavy (non-hydrogen) atoms. The lowest BCUT2D eigenvalue weighted by atomic mass is 9.94. The quantitative estimate of drug-likeness (QED) is 0.337. The summed E-state index contributed by atoms with van der Waals surface area (Å²) >= 11 is 0. The Bertz CT molecular complexity index is 1170. The molecule has 0 spiro atoms. The number of rotatable bonds is 12. The monoisotopic (exact) mass is 561 g/mol. The lowest BCUT2D eigenvalue weighted by Crippen LogP contribution is -2.36. The Morgan fingerprint density at radius 1 is 1.25 bits per heavy atom. The summed E-state index contributed by atoms with van der Waals surface area (Å²) in [6.45, 7) is 1.93. The number of hydrogen-bond acceptors (Lipinski definition) is 6. The minimum atomic E-state index is -2.92. The Kier molecular flexibility index (Phi) is 9.27. The maximum absolute atomic E-state index is 15.3. The summed E-state index contributed by atoms with van der Waals surface area (Å²) in [6.07, 6.45) is 4.14. The van der Waals surface area contributed by atoms with Crippen molar-refractivity contribution in [3.63, 3.8) is 0 Å². The SMILES string of the molecule is O=C(O)C(c1cccc(F)c1CO[C@@H]1CCOC1)N1CC[C@@H](C(F)(F)CCCCc2ccc3c(n2)NCCC3)C1. The number of likely N-dealkylation sites (tertiary alicyclic amines) is 1. The van der Waals surface area contributed by atoms with Gasteiger partial charge in [-0.15, -0.1) is 0 Å². The molecule has 7 nitrogen and oxygen atoms in total. The maximum Gasteiger partial charge on any atom is 0.325 e. The molecule has 2 N–H and O–H groups in total. The summed E-state index contributed by atoms with van der Waals surface area (Å²) < 4.78 is 56.4. The summed E-state index contributed by atoms with van der Waals surface area (Å²) in [5, 5.41) is 13.4. The van der Waals surface area contributed by atoms with Crippen LogP contribution in [-0.4, -0.2) is 65.8 Å². The van der Waals surface area contributed by atoms with Crippen LogP contribution in [0.25, 0.3) is 0 Å². The zero-order valence-electron chi connectivity index (χ0n) is 22.7. The van der Waals surface area contributed by atoms with Gasteiger partial charge in [0.1, 0.15) is 17.7 Å². The van der Waals surface area contributed by atoms with Crippen molar-refractivity contribution in [3.05, 3.63) is 58.5 Å². The van der Waals surface area contributed by atoms with Gasteiger partial charge in [0.15, 0.2) is 0 Å². The first-order valence-electron chi connectivity index (χ1n) is 14.4. The van der Waals surface area contributed by atoms with Crippen LogP contribution in [0.4, 0.5) is 19.0 Å². The van der Waals surface area contributed by atoms with E-state index in [1.165, 1.54) is 17.7 Å². The number of hydrogen-bond donors (Lipinski definition) is 2. The van der Waals surface area contributed by atoms with Gasteiger partial charge in [-0.1, -0.05) is 18.2 Å². The van der Waals surface area contributed by atoms with Gasteiger partial charge in [-0.25, -0.2) is 18.2 Å². The minimum Gasteiger partial charge on any atom is -0.480 e. The van der Waals surface area contributed by atoms with Gasteiger partial charge in [0.05, 0.1) is 19.3 Å². The van der Waals surface area contributed by atoms with Gasteiger partial charge in [-0.2, -0.15) is 0 Å². The molecule has 1 aromatic heterocycles. The number of nitrogens with one attached hydrogen (secondary N) is 1. The van der Waals surface area contributed by atoms with Crippen LogP contribution in [0.5, 0.6) is 0 Å². The number of unbranched alkanes of at least 4 members (excludes halogenated alkanes) is 1. The Hall–Kier alpha value is -2.69. The Morgan fingerprint density at radius 2 is 2.12 bits per heavy atom. The lowest BCUT2D eigenvalue weighted by Gasteiger charge is -2.28. The number of ether oxygens (including phenoxy) is 2. The third-order valence-corrected chi connectivity index (χ3v) is 8.36. The highest BCUT2D eigenvalue weighted by atomic mass is 19.3. The van der Waals surface area contributed by atoms with E-state index in [-0.39, 0.29) is 49.8 Å². The number of aliphatic carboxylic acids is 1. The third kappa shape index (κ3) is 6.78. The van der Waals surface area contributed by atoms with Crippen LogP contribution < -0.4 is 5.32 Å². The number of carboxylic acid groups (broad SMARTS) is 1. The highest BCUT2D eigenvalue weighted by molar-refractivity contribution is 5.76. The van der Waals surface area contributed by atoms with E-state index in [1.54, 1.807) is 11.0 Å². The summed E-state index contributed by atoms with van der Waals surface area (Å²) in [4.78, 5) is 18.6. The number of anilines is 1. The summed E-state index contributed by atoms with van der Waals surface area (Å²) in [7, 11) is 0. The standard InChI is InChI=1S/C30H38F3N3O4/c31-26-8-3-7-24(25(26)19-40-23-12-16-39-18-23)27(29(37)38)36-15-11-21(17-36)30(32,33)13-2-1-6-22-10-9-20-5-4-14-34-28(20)35-22/h3,7-10,21,23,27H,1-2,4-6,11-19H2,(H,34,35)(H,37,38)/t21-,23-,27?/m1/s1. The molecule has 0 bridgehead atoms. The normalized spacial score (nSPS) is 22.2. The second-order valence-corrected chi connectivity index (χ2v) is 11.1. The molecule has 2 fully saturated rings. The number of nitrogens with zero attached hydrogens (tertiary/aromatic N) is 2. The Balaban J connectivity index is 1.17. The van der Waals surface area contributed by atoms with Gasteiger partial charge in [0.25, 0.3) is 5.92 Å². The molecule has 3 aliphatic rings. The molecule has 4 heterocycles. The molecule has 1 unspecified atom stereocenters. The number of carboxylic acids is 1. The molecule has 3 atom stereocenters. The maximum atomic E-state index is 15.3. The van der Waals surface area contributed by atoms with Crippen LogP contribution in [0.15, 0.2) is 30.3 Å². The molecule has 1 aromatic carbocycles. The van der Waals surface area contributed by atoms with Crippen molar-refractivity contribution in [2.24, 2.45) is 5.92 Å². The molecule has 0 amide bonds. The minimum absolute atomic E-state index is 0.0602. The first-order chi connectivity index (χ1) is 19.3. The number of benzene rings is 1. The first-order valence-corrected chi connectivity index (χ1v) is 14.4. The van der Waals surface area contributed by atoms with Crippen molar-refractivity contribution in [1.82, 2.24) is 9.88 Å². The van der Waals surface area contributed by atoms with Gasteiger partial charge < -0.3 is 19.9 Å². The summed E-state index contributed by atoms with van der Waals surface area (Å²) in [6, 6.07) is 7.11. The van der Waals surface area contributed by atoms with Crippen molar-refractivity contribution < 1.29 is 32.5 Å². The third-order valence-electron chi connectivity index (χ3n) is 8.36. The van der Waals surface area contributed by atoms with Gasteiger partial charge in [-0.3, -0.25) is 9.69 Å². The molecule has 3 aliphatic heterocycles. The fourth-order valence-electron chi connectivity index (χ4n) is 6.06. The number of aryl methyl sites for hydroxylation is 2. The van der Waals surface area contributed by atoms with Crippen molar-refractivity contribution in [1.29, 1.82) is 0 Å². The second-order valence-electron chi connectivity index (χ2n) is 11.1. The highest BCUT2D eigenvalue weighted by Crippen LogP contribution is 2.40. The van der Waals surface area contributed by atoms with E-state index in [0.717, 1.165) is 30.9 Å². The highest BCUT2D eigenvalue weighted by Gasteiger charge is 2.45. The fraction of sp³-hybridized carbons (Fsp3) is 0.600. The fourth-order valence-corrected chi connectivity index (χ4v) is 6.06. The predicted molar refractivity (Wildman–Crippen MR) is 144 cm³/mol. The molecular weight excluding hydrogens is 523 g/mol. The number of pyridine rings is 1. The van der Waals surface area contributed by atoms with Crippen LogP contribution >= 0.6 is 0 Å². The molecular formula is C30H38F3N3O4. The number of halogens is 3. The molecule has 2 aromatic rings. The van der Waals surface area contributed by atoms with Crippen LogP contribution in [0, 0.1) is 11.7 Å². The second kappa shape index (κ2) is 12.9. The largest absolute Gasteiger partial charge is 0.480 e. The molecule has 0 radical (unpaired) electrons.